The van der Waals surface area contributed by atoms with E-state index in [-0.39, 0.29) is 22.4 Å². The van der Waals surface area contributed by atoms with Gasteiger partial charge in [-0.25, -0.2) is 13.1 Å². The minimum Gasteiger partial charge on any atom is -0.339 e. The minimum absolute atomic E-state index is 0.0739. The number of halogens is 1. The van der Waals surface area contributed by atoms with Crippen LogP contribution >= 0.6 is 11.6 Å². The number of likely N-dealkylation sites (tertiary alicyclic amines) is 1. The van der Waals surface area contributed by atoms with E-state index in [0.717, 1.165) is 18.4 Å². The Morgan fingerprint density at radius 3 is 2.44 bits per heavy atom. The lowest BCUT2D eigenvalue weighted by atomic mass is 10.2. The number of rotatable bonds is 5. The number of hydrogen-bond acceptors (Lipinski definition) is 3. The Balaban J connectivity index is 1.82. The summed E-state index contributed by atoms with van der Waals surface area (Å²) in [5.41, 5.74) is 1.18. The van der Waals surface area contributed by atoms with Crippen molar-refractivity contribution in [1.29, 1.82) is 0 Å². The smallest absolute Gasteiger partial charge is 0.253 e. The van der Waals surface area contributed by atoms with E-state index in [2.05, 4.69) is 4.72 Å². The largest absolute Gasteiger partial charge is 0.339 e. The summed E-state index contributed by atoms with van der Waals surface area (Å²) in [6.07, 6.45) is 1.95. The van der Waals surface area contributed by atoms with Crippen LogP contribution in [0.3, 0.4) is 0 Å². The predicted octanol–water partition coefficient (Wildman–Crippen LogP) is 3.05. The molecule has 1 N–H and O–H groups in total. The average Bonchev–Trinajstić information content (AvgIpc) is 3.15. The summed E-state index contributed by atoms with van der Waals surface area (Å²) in [6.45, 7) is 1.56. The quantitative estimate of drug-likeness (QED) is 0.869. The van der Waals surface area contributed by atoms with Crippen molar-refractivity contribution >= 4 is 27.5 Å². The summed E-state index contributed by atoms with van der Waals surface area (Å²) in [4.78, 5) is 14.1. The minimum atomic E-state index is -3.82. The first-order chi connectivity index (χ1) is 12.0. The first kappa shape index (κ1) is 17.9. The summed E-state index contributed by atoms with van der Waals surface area (Å²) < 4.78 is 27.7. The number of nitrogens with zero attached hydrogens (tertiary/aromatic N) is 1. The van der Waals surface area contributed by atoms with Crippen LogP contribution in [0.4, 0.5) is 0 Å². The Labute approximate surface area is 152 Å². The van der Waals surface area contributed by atoms with Crippen LogP contribution in [0, 0.1) is 0 Å². The lowest BCUT2D eigenvalue weighted by Gasteiger charge is -2.16. The van der Waals surface area contributed by atoms with Gasteiger partial charge in [0.2, 0.25) is 10.0 Å². The molecule has 132 valence electrons. The molecule has 3 rings (SSSR count). The molecule has 2 aromatic rings. The molecular formula is C18H19ClN2O3S. The normalized spacial score (nSPS) is 14.7. The second kappa shape index (κ2) is 7.56. The van der Waals surface area contributed by atoms with Crippen molar-refractivity contribution in [3.63, 3.8) is 0 Å². The molecule has 1 saturated heterocycles. The molecule has 1 heterocycles. The van der Waals surface area contributed by atoms with Crippen LogP contribution in [0.2, 0.25) is 5.02 Å². The molecule has 0 unspecified atom stereocenters. The molecule has 0 saturated carbocycles. The van der Waals surface area contributed by atoms with E-state index < -0.39 is 10.0 Å². The van der Waals surface area contributed by atoms with Crippen molar-refractivity contribution < 1.29 is 13.2 Å². The van der Waals surface area contributed by atoms with Gasteiger partial charge in [0, 0.05) is 25.2 Å². The van der Waals surface area contributed by atoms with Gasteiger partial charge >= 0.3 is 0 Å². The van der Waals surface area contributed by atoms with Gasteiger partial charge in [-0.3, -0.25) is 4.79 Å². The SMILES string of the molecule is O=C(c1ccc(Cl)c(S(=O)(=O)NCc2ccccc2)c1)N1CCCC1. The fourth-order valence-corrected chi connectivity index (χ4v) is 4.34. The molecule has 0 aliphatic carbocycles. The number of hydrogen-bond donors (Lipinski definition) is 1. The van der Waals surface area contributed by atoms with E-state index >= 15 is 0 Å². The van der Waals surface area contributed by atoms with Crippen LogP contribution in [-0.2, 0) is 16.6 Å². The Hall–Kier alpha value is -1.89. The zero-order valence-corrected chi connectivity index (χ0v) is 15.2. The van der Waals surface area contributed by atoms with Crippen LogP contribution in [0.5, 0.6) is 0 Å². The molecule has 1 aliphatic rings. The fourth-order valence-electron chi connectivity index (χ4n) is 2.80. The van der Waals surface area contributed by atoms with E-state index in [1.807, 2.05) is 30.3 Å². The van der Waals surface area contributed by atoms with Gasteiger partial charge in [-0.1, -0.05) is 41.9 Å². The second-order valence-corrected chi connectivity index (χ2v) is 8.10. The number of carbonyl (C=O) groups is 1. The summed E-state index contributed by atoms with van der Waals surface area (Å²) in [7, 11) is -3.82. The Morgan fingerprint density at radius 1 is 1.08 bits per heavy atom. The second-order valence-electron chi connectivity index (χ2n) is 5.95. The molecule has 0 atom stereocenters. The molecule has 0 spiro atoms. The van der Waals surface area contributed by atoms with Crippen LogP contribution in [0.1, 0.15) is 28.8 Å². The Bertz CT molecular complexity index is 863. The molecule has 1 aliphatic heterocycles. The summed E-state index contributed by atoms with van der Waals surface area (Å²) in [5.74, 6) is -0.159. The molecule has 25 heavy (non-hydrogen) atoms. The number of nitrogens with one attached hydrogen (secondary N) is 1. The highest BCUT2D eigenvalue weighted by atomic mass is 35.5. The third-order valence-corrected chi connectivity index (χ3v) is 6.05. The van der Waals surface area contributed by atoms with Crippen LogP contribution in [0.25, 0.3) is 0 Å². The highest BCUT2D eigenvalue weighted by Crippen LogP contribution is 2.24. The topological polar surface area (TPSA) is 66.5 Å². The standard InChI is InChI=1S/C18H19ClN2O3S/c19-16-9-8-15(18(22)21-10-4-5-11-21)12-17(16)25(23,24)20-13-14-6-2-1-3-7-14/h1-3,6-9,12,20H,4-5,10-11,13H2. The first-order valence-electron chi connectivity index (χ1n) is 8.10. The maximum atomic E-state index is 12.6. The van der Waals surface area contributed by atoms with Gasteiger partial charge in [0.05, 0.1) is 5.02 Å². The molecule has 0 aromatic heterocycles. The third kappa shape index (κ3) is 4.21. The van der Waals surface area contributed by atoms with E-state index in [9.17, 15) is 13.2 Å². The molecule has 1 fully saturated rings. The summed E-state index contributed by atoms with van der Waals surface area (Å²) in [5, 5.41) is 0.0959. The van der Waals surface area contributed by atoms with Gasteiger partial charge in [-0.05, 0) is 36.6 Å². The van der Waals surface area contributed by atoms with Crippen LogP contribution in [0.15, 0.2) is 53.4 Å². The zero-order valence-electron chi connectivity index (χ0n) is 13.6. The van der Waals surface area contributed by atoms with Crippen molar-refractivity contribution in [3.05, 3.63) is 64.7 Å². The van der Waals surface area contributed by atoms with E-state index in [1.54, 1.807) is 11.0 Å². The third-order valence-electron chi connectivity index (χ3n) is 4.17. The van der Waals surface area contributed by atoms with Gasteiger partial charge in [0.25, 0.3) is 5.91 Å². The van der Waals surface area contributed by atoms with Crippen molar-refractivity contribution in [2.24, 2.45) is 0 Å². The van der Waals surface area contributed by atoms with Gasteiger partial charge < -0.3 is 4.90 Å². The lowest BCUT2D eigenvalue weighted by Crippen LogP contribution is -2.28. The van der Waals surface area contributed by atoms with Crippen molar-refractivity contribution in [2.75, 3.05) is 13.1 Å². The molecule has 2 aromatic carbocycles. The predicted molar refractivity (Wildman–Crippen MR) is 97.1 cm³/mol. The van der Waals surface area contributed by atoms with Gasteiger partial charge in [-0.2, -0.15) is 0 Å². The zero-order chi connectivity index (χ0) is 17.9. The Morgan fingerprint density at radius 2 is 1.76 bits per heavy atom. The average molecular weight is 379 g/mol. The summed E-state index contributed by atoms with van der Waals surface area (Å²) >= 11 is 6.08. The van der Waals surface area contributed by atoms with Crippen LogP contribution in [-0.4, -0.2) is 32.3 Å². The van der Waals surface area contributed by atoms with E-state index in [0.29, 0.717) is 18.7 Å². The monoisotopic (exact) mass is 378 g/mol. The Kier molecular flexibility index (Phi) is 5.42. The van der Waals surface area contributed by atoms with Gasteiger partial charge in [-0.15, -0.1) is 0 Å². The molecule has 5 nitrogen and oxygen atoms in total. The molecule has 0 bridgehead atoms. The number of amides is 1. The number of sulfonamides is 1. The van der Waals surface area contributed by atoms with Gasteiger partial charge in [0.1, 0.15) is 4.90 Å². The molecule has 1 amide bonds. The number of benzene rings is 2. The molecular weight excluding hydrogens is 360 g/mol. The highest BCUT2D eigenvalue weighted by Gasteiger charge is 2.23. The van der Waals surface area contributed by atoms with Gasteiger partial charge in [0.15, 0.2) is 0 Å². The van der Waals surface area contributed by atoms with Crippen LogP contribution < -0.4 is 4.72 Å². The lowest BCUT2D eigenvalue weighted by molar-refractivity contribution is 0.0792. The van der Waals surface area contributed by atoms with Crippen molar-refractivity contribution in [2.45, 2.75) is 24.3 Å². The van der Waals surface area contributed by atoms with Crippen molar-refractivity contribution in [3.8, 4) is 0 Å². The molecule has 7 heteroatoms. The maximum Gasteiger partial charge on any atom is 0.253 e. The highest BCUT2D eigenvalue weighted by molar-refractivity contribution is 7.89. The maximum absolute atomic E-state index is 12.6. The number of carbonyl (C=O) groups excluding carboxylic acids is 1. The van der Waals surface area contributed by atoms with Crippen molar-refractivity contribution in [1.82, 2.24) is 9.62 Å². The first-order valence-corrected chi connectivity index (χ1v) is 9.96. The van der Waals surface area contributed by atoms with E-state index in [4.69, 9.17) is 11.6 Å². The molecule has 0 radical (unpaired) electrons. The van der Waals surface area contributed by atoms with E-state index in [1.165, 1.54) is 12.1 Å². The fraction of sp³-hybridized carbons (Fsp3) is 0.278. The summed E-state index contributed by atoms with van der Waals surface area (Å²) in [6, 6.07) is 13.6.